The molecule has 0 aliphatic heterocycles. The minimum atomic E-state index is -3.62. The van der Waals surface area contributed by atoms with Crippen LogP contribution in [0.4, 0.5) is 5.69 Å². The molecule has 0 unspecified atom stereocenters. The summed E-state index contributed by atoms with van der Waals surface area (Å²) in [6.45, 7) is 1.99. The van der Waals surface area contributed by atoms with Crippen molar-refractivity contribution in [3.05, 3.63) is 42.5 Å². The van der Waals surface area contributed by atoms with Gasteiger partial charge in [0.05, 0.1) is 11.9 Å². The van der Waals surface area contributed by atoms with Crippen molar-refractivity contribution in [2.45, 2.75) is 19.8 Å². The van der Waals surface area contributed by atoms with Crippen LogP contribution in [0.5, 0.6) is 0 Å². The molecule has 18 heavy (non-hydrogen) atoms. The Hall–Kier alpha value is -1.62. The number of amides is 1. The highest BCUT2D eigenvalue weighted by Crippen LogP contribution is 2.17. The summed E-state index contributed by atoms with van der Waals surface area (Å²) in [4.78, 5) is 11.9. The van der Waals surface area contributed by atoms with Crippen molar-refractivity contribution < 1.29 is 13.2 Å². The topological polar surface area (TPSA) is 54.5 Å². The van der Waals surface area contributed by atoms with E-state index < -0.39 is 15.9 Å². The highest BCUT2D eigenvalue weighted by Gasteiger charge is 2.22. The Kier molecular flexibility index (Phi) is 5.09. The van der Waals surface area contributed by atoms with Crippen LogP contribution in [0.25, 0.3) is 0 Å². The highest BCUT2D eigenvalue weighted by atomic mass is 32.2. The van der Waals surface area contributed by atoms with Gasteiger partial charge in [0.25, 0.3) is 5.91 Å². The molecule has 0 spiro atoms. The van der Waals surface area contributed by atoms with Crippen molar-refractivity contribution in [2.24, 2.45) is 0 Å². The Morgan fingerprint density at radius 3 is 2.39 bits per heavy atom. The van der Waals surface area contributed by atoms with Gasteiger partial charge >= 0.3 is 0 Å². The quantitative estimate of drug-likeness (QED) is 0.769. The second-order valence-corrected chi connectivity index (χ2v) is 5.72. The molecule has 0 saturated carbocycles. The van der Waals surface area contributed by atoms with Gasteiger partial charge in [-0.2, -0.15) is 0 Å². The average molecular weight is 267 g/mol. The molecule has 0 aliphatic rings. The molecule has 0 bridgehead atoms. The summed E-state index contributed by atoms with van der Waals surface area (Å²) in [5.74, 6) is -0.544. The molecule has 0 radical (unpaired) electrons. The van der Waals surface area contributed by atoms with Crippen LogP contribution in [-0.4, -0.2) is 20.6 Å². The molecule has 1 aromatic carbocycles. The van der Waals surface area contributed by atoms with Gasteiger partial charge in [-0.1, -0.05) is 37.6 Å². The number of rotatable bonds is 5. The molecular weight excluding hydrogens is 250 g/mol. The van der Waals surface area contributed by atoms with Crippen molar-refractivity contribution >= 4 is 21.6 Å². The summed E-state index contributed by atoms with van der Waals surface area (Å²) in [5.41, 5.74) is 0.353. The van der Waals surface area contributed by atoms with E-state index in [1.807, 2.05) is 6.92 Å². The standard InChI is InChI=1S/C13H17NO3S/c1-3-4-6-11-13(15)14(18(2,16)17)12-9-7-5-8-10-12/h5-11H,3-4H2,1-2H3/b11-6+. The first-order chi connectivity index (χ1) is 8.46. The van der Waals surface area contributed by atoms with Crippen molar-refractivity contribution in [3.8, 4) is 0 Å². The molecule has 1 aromatic rings. The lowest BCUT2D eigenvalue weighted by Gasteiger charge is -2.18. The lowest BCUT2D eigenvalue weighted by molar-refractivity contribution is -0.113. The molecule has 0 fully saturated rings. The molecule has 5 heteroatoms. The maximum atomic E-state index is 11.9. The largest absolute Gasteiger partial charge is 0.268 e. The predicted octanol–water partition coefficient (Wildman–Crippen LogP) is 2.34. The fraction of sp³-hybridized carbons (Fsp3) is 0.308. The van der Waals surface area contributed by atoms with E-state index in [4.69, 9.17) is 0 Å². The summed E-state index contributed by atoms with van der Waals surface area (Å²) < 4.78 is 24.2. The van der Waals surface area contributed by atoms with E-state index >= 15 is 0 Å². The Balaban J connectivity index is 3.05. The molecule has 0 aromatic heterocycles. The molecule has 0 saturated heterocycles. The molecular formula is C13H17NO3S. The predicted molar refractivity (Wildman–Crippen MR) is 72.8 cm³/mol. The molecule has 4 nitrogen and oxygen atoms in total. The van der Waals surface area contributed by atoms with Gasteiger partial charge in [0, 0.05) is 6.08 Å². The van der Waals surface area contributed by atoms with Crippen molar-refractivity contribution in [2.75, 3.05) is 10.6 Å². The zero-order valence-electron chi connectivity index (χ0n) is 10.5. The number of sulfonamides is 1. The van der Waals surface area contributed by atoms with E-state index in [2.05, 4.69) is 0 Å². The van der Waals surface area contributed by atoms with Gasteiger partial charge < -0.3 is 0 Å². The Morgan fingerprint density at radius 1 is 1.28 bits per heavy atom. The summed E-state index contributed by atoms with van der Waals surface area (Å²) in [7, 11) is -3.62. The Labute approximate surface area is 108 Å². The van der Waals surface area contributed by atoms with Crippen molar-refractivity contribution in [1.82, 2.24) is 0 Å². The lowest BCUT2D eigenvalue weighted by Crippen LogP contribution is -2.34. The number of benzene rings is 1. The number of anilines is 1. The number of carbonyl (C=O) groups excluding carboxylic acids is 1. The van der Waals surface area contributed by atoms with Crippen molar-refractivity contribution in [3.63, 3.8) is 0 Å². The molecule has 0 aliphatic carbocycles. The van der Waals surface area contributed by atoms with Crippen LogP contribution in [0.15, 0.2) is 42.5 Å². The minimum Gasteiger partial charge on any atom is -0.268 e. The first kappa shape index (κ1) is 14.4. The molecule has 1 amide bonds. The van der Waals surface area contributed by atoms with E-state index in [0.717, 1.165) is 23.4 Å². The van der Waals surface area contributed by atoms with Crippen LogP contribution in [0.3, 0.4) is 0 Å². The molecule has 98 valence electrons. The molecule has 0 heterocycles. The van der Waals surface area contributed by atoms with Gasteiger partial charge in [0.2, 0.25) is 10.0 Å². The van der Waals surface area contributed by atoms with Gasteiger partial charge in [-0.05, 0) is 18.6 Å². The van der Waals surface area contributed by atoms with E-state index in [9.17, 15) is 13.2 Å². The van der Waals surface area contributed by atoms with E-state index in [0.29, 0.717) is 5.69 Å². The smallest absolute Gasteiger partial charge is 0.264 e. The third-order valence-electron chi connectivity index (χ3n) is 2.24. The Bertz CT molecular complexity index is 520. The molecule has 0 N–H and O–H groups in total. The summed E-state index contributed by atoms with van der Waals surface area (Å²) in [5, 5.41) is 0. The van der Waals surface area contributed by atoms with Crippen LogP contribution in [0.1, 0.15) is 19.8 Å². The van der Waals surface area contributed by atoms with Crippen LogP contribution >= 0.6 is 0 Å². The van der Waals surface area contributed by atoms with Gasteiger partial charge in [-0.3, -0.25) is 4.79 Å². The second kappa shape index (κ2) is 6.35. The number of para-hydroxylation sites is 1. The minimum absolute atomic E-state index is 0.353. The first-order valence-corrected chi connectivity index (χ1v) is 7.57. The Morgan fingerprint density at radius 2 is 1.89 bits per heavy atom. The van der Waals surface area contributed by atoms with E-state index in [1.54, 1.807) is 36.4 Å². The highest BCUT2D eigenvalue weighted by molar-refractivity contribution is 7.92. The first-order valence-electron chi connectivity index (χ1n) is 5.72. The number of hydrogen-bond donors (Lipinski definition) is 0. The van der Waals surface area contributed by atoms with Crippen LogP contribution in [0, 0.1) is 0 Å². The lowest BCUT2D eigenvalue weighted by atomic mass is 10.3. The monoisotopic (exact) mass is 267 g/mol. The third kappa shape index (κ3) is 4.00. The van der Waals surface area contributed by atoms with Crippen molar-refractivity contribution in [1.29, 1.82) is 0 Å². The average Bonchev–Trinajstić information content (AvgIpc) is 2.29. The van der Waals surface area contributed by atoms with Crippen LogP contribution in [0.2, 0.25) is 0 Å². The zero-order chi connectivity index (χ0) is 13.6. The molecule has 1 rings (SSSR count). The number of nitrogens with zero attached hydrogens (tertiary/aromatic N) is 1. The summed E-state index contributed by atoms with van der Waals surface area (Å²) in [6, 6.07) is 8.33. The van der Waals surface area contributed by atoms with Gasteiger partial charge in [-0.15, -0.1) is 0 Å². The van der Waals surface area contributed by atoms with Crippen LogP contribution < -0.4 is 4.31 Å². The normalized spacial score (nSPS) is 11.7. The van der Waals surface area contributed by atoms with Gasteiger partial charge in [0.1, 0.15) is 0 Å². The van der Waals surface area contributed by atoms with E-state index in [1.165, 1.54) is 6.08 Å². The van der Waals surface area contributed by atoms with Gasteiger partial charge in [-0.25, -0.2) is 12.7 Å². The number of allylic oxidation sites excluding steroid dienone is 1. The number of hydrogen-bond acceptors (Lipinski definition) is 3. The maximum Gasteiger partial charge on any atom is 0.264 e. The van der Waals surface area contributed by atoms with Crippen LogP contribution in [-0.2, 0) is 14.8 Å². The number of unbranched alkanes of at least 4 members (excludes halogenated alkanes) is 1. The molecule has 0 atom stereocenters. The summed E-state index contributed by atoms with van der Waals surface area (Å²) >= 11 is 0. The van der Waals surface area contributed by atoms with E-state index in [-0.39, 0.29) is 0 Å². The number of carbonyl (C=O) groups is 1. The second-order valence-electron chi connectivity index (χ2n) is 3.89. The zero-order valence-corrected chi connectivity index (χ0v) is 11.4. The summed E-state index contributed by atoms with van der Waals surface area (Å²) in [6.07, 6.45) is 5.67. The third-order valence-corrected chi connectivity index (χ3v) is 3.29. The van der Waals surface area contributed by atoms with Gasteiger partial charge in [0.15, 0.2) is 0 Å². The maximum absolute atomic E-state index is 11.9. The SMILES string of the molecule is CCC/C=C/C(=O)N(c1ccccc1)S(C)(=O)=O. The fourth-order valence-electron chi connectivity index (χ4n) is 1.46. The fourth-order valence-corrected chi connectivity index (χ4v) is 2.36.